The minimum atomic E-state index is -0.213. The lowest BCUT2D eigenvalue weighted by Crippen LogP contribution is -2.41. The molecule has 1 fully saturated rings. The fourth-order valence-electron chi connectivity index (χ4n) is 2.13. The lowest BCUT2D eigenvalue weighted by Gasteiger charge is -2.29. The number of ether oxygens (including phenoxy) is 1. The number of hydrogen-bond acceptors (Lipinski definition) is 3. The van der Waals surface area contributed by atoms with Gasteiger partial charge in [0.15, 0.2) is 0 Å². The second kappa shape index (κ2) is 7.25. The van der Waals surface area contributed by atoms with Crippen molar-refractivity contribution < 1.29 is 9.84 Å². The molecule has 0 aliphatic carbocycles. The lowest BCUT2D eigenvalue weighted by atomic mass is 9.93. The van der Waals surface area contributed by atoms with Gasteiger partial charge in [-0.15, -0.1) is 0 Å². The van der Waals surface area contributed by atoms with E-state index in [4.69, 9.17) is 4.74 Å². The van der Waals surface area contributed by atoms with E-state index in [0.717, 1.165) is 32.6 Å². The van der Waals surface area contributed by atoms with E-state index >= 15 is 0 Å². The van der Waals surface area contributed by atoms with Gasteiger partial charge >= 0.3 is 0 Å². The molecule has 3 nitrogen and oxygen atoms in total. The van der Waals surface area contributed by atoms with Gasteiger partial charge in [-0.05, 0) is 31.6 Å². The summed E-state index contributed by atoms with van der Waals surface area (Å²) in [6.07, 6.45) is 2.97. The first-order valence-electron chi connectivity index (χ1n) is 6.64. The first kappa shape index (κ1) is 13.9. The van der Waals surface area contributed by atoms with Gasteiger partial charge in [0.2, 0.25) is 0 Å². The van der Waals surface area contributed by atoms with Crippen molar-refractivity contribution in [3.05, 3.63) is 0 Å². The summed E-state index contributed by atoms with van der Waals surface area (Å²) in [7, 11) is 0. The quantitative estimate of drug-likeness (QED) is 0.730. The summed E-state index contributed by atoms with van der Waals surface area (Å²) >= 11 is 0. The van der Waals surface area contributed by atoms with Gasteiger partial charge in [0.25, 0.3) is 0 Å². The second-order valence-electron chi connectivity index (χ2n) is 5.10. The Morgan fingerprint density at radius 2 is 1.94 bits per heavy atom. The highest BCUT2D eigenvalue weighted by atomic mass is 16.5. The number of rotatable bonds is 6. The smallest absolute Gasteiger partial charge is 0.0694 e. The molecular formula is C13H27NO2. The molecule has 16 heavy (non-hydrogen) atoms. The van der Waals surface area contributed by atoms with Gasteiger partial charge in [-0.25, -0.2) is 0 Å². The predicted octanol–water partition coefficient (Wildman–Crippen LogP) is 1.80. The Labute approximate surface area is 99.6 Å². The maximum Gasteiger partial charge on any atom is 0.0694 e. The van der Waals surface area contributed by atoms with E-state index in [9.17, 15) is 5.11 Å². The van der Waals surface area contributed by atoms with Crippen LogP contribution in [0.25, 0.3) is 0 Å². The molecule has 0 spiro atoms. The van der Waals surface area contributed by atoms with Crippen molar-refractivity contribution in [2.24, 2.45) is 11.8 Å². The van der Waals surface area contributed by atoms with E-state index in [0.29, 0.717) is 17.9 Å². The van der Waals surface area contributed by atoms with E-state index in [1.807, 2.05) is 0 Å². The Balaban J connectivity index is 2.20. The number of aliphatic hydroxyl groups excluding tert-OH is 1. The van der Waals surface area contributed by atoms with Crippen LogP contribution in [0.1, 0.15) is 40.0 Å². The third kappa shape index (κ3) is 4.40. The molecule has 1 saturated heterocycles. The average molecular weight is 229 g/mol. The molecule has 3 heteroatoms. The van der Waals surface area contributed by atoms with Crippen LogP contribution in [0.2, 0.25) is 0 Å². The van der Waals surface area contributed by atoms with Gasteiger partial charge in [0, 0.05) is 25.8 Å². The van der Waals surface area contributed by atoms with Gasteiger partial charge in [-0.3, -0.25) is 0 Å². The Morgan fingerprint density at radius 3 is 2.50 bits per heavy atom. The largest absolute Gasteiger partial charge is 0.392 e. The van der Waals surface area contributed by atoms with Crippen LogP contribution >= 0.6 is 0 Å². The molecule has 1 rings (SSSR count). The molecule has 0 amide bonds. The minimum Gasteiger partial charge on any atom is -0.392 e. The molecule has 0 aromatic heterocycles. The molecule has 0 bridgehead atoms. The molecule has 1 aliphatic rings. The van der Waals surface area contributed by atoms with Crippen LogP contribution in [-0.2, 0) is 4.74 Å². The van der Waals surface area contributed by atoms with Crippen LogP contribution in [0.5, 0.6) is 0 Å². The Kier molecular flexibility index (Phi) is 6.32. The van der Waals surface area contributed by atoms with E-state index in [-0.39, 0.29) is 6.10 Å². The van der Waals surface area contributed by atoms with Gasteiger partial charge < -0.3 is 15.2 Å². The SMILES string of the molecule is CCC(C)C(C)NCC(O)C1CCOCC1. The zero-order valence-electron chi connectivity index (χ0n) is 10.9. The van der Waals surface area contributed by atoms with Crippen LogP contribution in [-0.4, -0.2) is 37.0 Å². The van der Waals surface area contributed by atoms with Crippen LogP contribution in [0.3, 0.4) is 0 Å². The van der Waals surface area contributed by atoms with Crippen LogP contribution in [0.15, 0.2) is 0 Å². The second-order valence-corrected chi connectivity index (χ2v) is 5.10. The maximum absolute atomic E-state index is 10.1. The fourth-order valence-corrected chi connectivity index (χ4v) is 2.13. The Hall–Kier alpha value is -0.120. The zero-order valence-corrected chi connectivity index (χ0v) is 10.9. The van der Waals surface area contributed by atoms with Crippen molar-refractivity contribution >= 4 is 0 Å². The highest BCUT2D eigenvalue weighted by Crippen LogP contribution is 2.18. The Bertz CT molecular complexity index is 181. The summed E-state index contributed by atoms with van der Waals surface area (Å²) in [5, 5.41) is 13.5. The van der Waals surface area contributed by atoms with Crippen LogP contribution in [0, 0.1) is 11.8 Å². The van der Waals surface area contributed by atoms with Crippen molar-refractivity contribution in [3.8, 4) is 0 Å². The molecule has 0 saturated carbocycles. The molecule has 2 N–H and O–H groups in total. The highest BCUT2D eigenvalue weighted by Gasteiger charge is 2.22. The number of hydrogen-bond donors (Lipinski definition) is 2. The minimum absolute atomic E-state index is 0.213. The summed E-state index contributed by atoms with van der Waals surface area (Å²) in [4.78, 5) is 0. The summed E-state index contributed by atoms with van der Waals surface area (Å²) in [5.41, 5.74) is 0. The zero-order chi connectivity index (χ0) is 12.0. The molecular weight excluding hydrogens is 202 g/mol. The highest BCUT2D eigenvalue weighted by molar-refractivity contribution is 4.76. The van der Waals surface area contributed by atoms with Crippen molar-refractivity contribution in [3.63, 3.8) is 0 Å². The summed E-state index contributed by atoms with van der Waals surface area (Å²) in [6, 6.07) is 0.486. The normalized spacial score (nSPS) is 24.0. The van der Waals surface area contributed by atoms with Crippen molar-refractivity contribution in [1.82, 2.24) is 5.32 Å². The van der Waals surface area contributed by atoms with Crippen LogP contribution < -0.4 is 5.32 Å². The van der Waals surface area contributed by atoms with E-state index in [2.05, 4.69) is 26.1 Å². The monoisotopic (exact) mass is 229 g/mol. The molecule has 1 aliphatic heterocycles. The molecule has 3 unspecified atom stereocenters. The molecule has 0 radical (unpaired) electrons. The third-order valence-electron chi connectivity index (χ3n) is 3.96. The molecule has 0 aromatic rings. The van der Waals surface area contributed by atoms with E-state index in [1.165, 1.54) is 6.42 Å². The molecule has 1 heterocycles. The molecule has 96 valence electrons. The number of aliphatic hydroxyl groups is 1. The topological polar surface area (TPSA) is 41.5 Å². The summed E-state index contributed by atoms with van der Waals surface area (Å²) in [6.45, 7) is 8.99. The first-order chi connectivity index (χ1) is 7.65. The third-order valence-corrected chi connectivity index (χ3v) is 3.96. The number of nitrogens with one attached hydrogen (secondary N) is 1. The Morgan fingerprint density at radius 1 is 1.31 bits per heavy atom. The summed E-state index contributed by atoms with van der Waals surface area (Å²) < 4.78 is 5.30. The average Bonchev–Trinajstić information content (AvgIpc) is 2.35. The van der Waals surface area contributed by atoms with Crippen molar-refractivity contribution in [2.45, 2.75) is 52.2 Å². The first-order valence-corrected chi connectivity index (χ1v) is 6.64. The predicted molar refractivity (Wildman–Crippen MR) is 66.5 cm³/mol. The van der Waals surface area contributed by atoms with Crippen LogP contribution in [0.4, 0.5) is 0 Å². The van der Waals surface area contributed by atoms with Crippen molar-refractivity contribution in [2.75, 3.05) is 19.8 Å². The molecule has 3 atom stereocenters. The molecule has 0 aromatic carbocycles. The maximum atomic E-state index is 10.1. The van der Waals surface area contributed by atoms with E-state index < -0.39 is 0 Å². The summed E-state index contributed by atoms with van der Waals surface area (Å²) in [5.74, 6) is 1.09. The van der Waals surface area contributed by atoms with Gasteiger partial charge in [-0.2, -0.15) is 0 Å². The van der Waals surface area contributed by atoms with E-state index in [1.54, 1.807) is 0 Å². The van der Waals surface area contributed by atoms with Crippen molar-refractivity contribution in [1.29, 1.82) is 0 Å². The van der Waals surface area contributed by atoms with Gasteiger partial charge in [0.05, 0.1) is 6.10 Å². The fraction of sp³-hybridized carbons (Fsp3) is 1.00. The van der Waals surface area contributed by atoms with Gasteiger partial charge in [-0.1, -0.05) is 20.3 Å². The lowest BCUT2D eigenvalue weighted by molar-refractivity contribution is 0.00724. The standard InChI is InChI=1S/C13H27NO2/c1-4-10(2)11(3)14-9-13(15)12-5-7-16-8-6-12/h10-15H,4-9H2,1-3H3. The van der Waals surface area contributed by atoms with Gasteiger partial charge in [0.1, 0.15) is 0 Å².